The van der Waals surface area contributed by atoms with Gasteiger partial charge in [-0.3, -0.25) is 0 Å². The molecule has 0 aliphatic rings. The van der Waals surface area contributed by atoms with Crippen LogP contribution in [0.1, 0.15) is 74.1 Å². The van der Waals surface area contributed by atoms with E-state index in [1.54, 1.807) is 6.92 Å². The molecule has 136 valence electrons. The van der Waals surface area contributed by atoms with Gasteiger partial charge in [-0.2, -0.15) is 0 Å². The normalized spacial score (nSPS) is 13.6. The third kappa shape index (κ3) is 12.8. The second-order valence-corrected chi connectivity index (χ2v) is 7.22. The summed E-state index contributed by atoms with van der Waals surface area (Å²) in [5.41, 5.74) is 0.731. The fourth-order valence-corrected chi connectivity index (χ4v) is 2.22. The van der Waals surface area contributed by atoms with Crippen LogP contribution in [0.4, 0.5) is 0 Å². The third-order valence-electron chi connectivity index (χ3n) is 3.52. The Morgan fingerprint density at radius 2 is 1.92 bits per heavy atom. The molecule has 0 heterocycles. The lowest BCUT2D eigenvalue weighted by atomic mass is 9.95. The summed E-state index contributed by atoms with van der Waals surface area (Å²) in [6.45, 7) is 13.8. The lowest BCUT2D eigenvalue weighted by molar-refractivity contribution is -0.141. The van der Waals surface area contributed by atoms with Crippen LogP contribution in [0.25, 0.3) is 0 Å². The number of hydrogen-bond donors (Lipinski definition) is 0. The first kappa shape index (κ1) is 22.3. The molecular formula is C21H34O3. The van der Waals surface area contributed by atoms with Crippen LogP contribution in [0.15, 0.2) is 23.8 Å². The molecule has 0 N–H and O–H groups in total. The second kappa shape index (κ2) is 11.8. The van der Waals surface area contributed by atoms with Gasteiger partial charge in [-0.05, 0) is 65.4 Å². The van der Waals surface area contributed by atoms with Gasteiger partial charge in [-0.1, -0.05) is 31.4 Å². The summed E-state index contributed by atoms with van der Waals surface area (Å²) in [6.07, 6.45) is 12.5. The predicted molar refractivity (Wildman–Crippen MR) is 100 cm³/mol. The van der Waals surface area contributed by atoms with Gasteiger partial charge in [0.15, 0.2) is 0 Å². The van der Waals surface area contributed by atoms with Gasteiger partial charge in [0.05, 0.1) is 6.10 Å². The highest BCUT2D eigenvalue weighted by Gasteiger charge is 2.18. The van der Waals surface area contributed by atoms with E-state index < -0.39 is 0 Å². The van der Waals surface area contributed by atoms with Crippen LogP contribution in [0.5, 0.6) is 0 Å². The molecule has 0 aliphatic carbocycles. The van der Waals surface area contributed by atoms with E-state index in [1.807, 2.05) is 26.8 Å². The molecule has 0 spiro atoms. The number of rotatable bonds is 10. The maximum atomic E-state index is 11.5. The molecule has 0 radical (unpaired) electrons. The molecule has 3 heteroatoms. The van der Waals surface area contributed by atoms with Crippen LogP contribution in [-0.2, 0) is 14.3 Å². The molecule has 0 amide bonds. The minimum atomic E-state index is -0.280. The van der Waals surface area contributed by atoms with Crippen LogP contribution >= 0.6 is 0 Å². The van der Waals surface area contributed by atoms with Crippen molar-refractivity contribution in [3.63, 3.8) is 0 Å². The molecule has 24 heavy (non-hydrogen) atoms. The van der Waals surface area contributed by atoms with E-state index in [1.165, 1.54) is 6.08 Å². The van der Waals surface area contributed by atoms with Crippen LogP contribution < -0.4 is 0 Å². The Labute approximate surface area is 148 Å². The van der Waals surface area contributed by atoms with Gasteiger partial charge in [0.25, 0.3) is 0 Å². The molecule has 0 saturated carbocycles. The highest BCUT2D eigenvalue weighted by molar-refractivity contribution is 5.83. The van der Waals surface area contributed by atoms with E-state index in [0.29, 0.717) is 5.92 Å². The van der Waals surface area contributed by atoms with Crippen molar-refractivity contribution in [1.29, 1.82) is 0 Å². The number of carbonyl (C=O) groups excluding carboxylic acids is 1. The Hall–Kier alpha value is -1.69. The molecule has 1 atom stereocenters. The van der Waals surface area contributed by atoms with E-state index in [9.17, 15) is 4.79 Å². The van der Waals surface area contributed by atoms with E-state index in [0.717, 1.165) is 31.3 Å². The maximum absolute atomic E-state index is 11.5. The molecule has 0 aromatic heterocycles. The monoisotopic (exact) mass is 334 g/mol. The van der Waals surface area contributed by atoms with Crippen molar-refractivity contribution < 1.29 is 14.3 Å². The number of carbonyl (C=O) groups is 1. The molecule has 0 fully saturated rings. The zero-order valence-electron chi connectivity index (χ0n) is 16.4. The average Bonchev–Trinajstić information content (AvgIpc) is 2.43. The Balaban J connectivity index is 4.11. The summed E-state index contributed by atoms with van der Waals surface area (Å²) in [6, 6.07) is 0. The van der Waals surface area contributed by atoms with Gasteiger partial charge in [0, 0.05) is 13.0 Å². The maximum Gasteiger partial charge on any atom is 0.331 e. The van der Waals surface area contributed by atoms with Crippen LogP contribution in [0, 0.1) is 17.9 Å². The van der Waals surface area contributed by atoms with Crippen molar-refractivity contribution >= 4 is 5.97 Å². The van der Waals surface area contributed by atoms with Crippen molar-refractivity contribution in [3.8, 4) is 12.0 Å². The summed E-state index contributed by atoms with van der Waals surface area (Å²) in [5.74, 6) is 3.09. The SMILES string of the molecule is CC#COC(C)(C)CCCC(C)CC=CC(C)=CC(=O)OC(C)C. The van der Waals surface area contributed by atoms with Crippen molar-refractivity contribution in [3.05, 3.63) is 23.8 Å². The fraction of sp³-hybridized carbons (Fsp3) is 0.667. The number of ether oxygens (including phenoxy) is 2. The van der Waals surface area contributed by atoms with Gasteiger partial charge < -0.3 is 9.47 Å². The first-order chi connectivity index (χ1) is 11.2. The summed E-state index contributed by atoms with van der Waals surface area (Å²) < 4.78 is 10.6. The largest absolute Gasteiger partial charge is 0.460 e. The van der Waals surface area contributed by atoms with E-state index in [-0.39, 0.29) is 17.7 Å². The minimum Gasteiger partial charge on any atom is -0.460 e. The number of allylic oxidation sites excluding steroid dienone is 3. The predicted octanol–water partition coefficient (Wildman–Crippen LogP) is 5.41. The molecule has 0 saturated heterocycles. The summed E-state index contributed by atoms with van der Waals surface area (Å²) in [4.78, 5) is 11.5. The Bertz CT molecular complexity index is 487. The van der Waals surface area contributed by atoms with Crippen molar-refractivity contribution in [2.45, 2.75) is 85.9 Å². The van der Waals surface area contributed by atoms with E-state index in [4.69, 9.17) is 9.47 Å². The molecule has 0 aromatic rings. The molecule has 0 aliphatic heterocycles. The van der Waals surface area contributed by atoms with Gasteiger partial charge in [0.1, 0.15) is 11.7 Å². The summed E-state index contributed by atoms with van der Waals surface area (Å²) in [7, 11) is 0. The molecule has 3 nitrogen and oxygen atoms in total. The Kier molecular flexibility index (Phi) is 11.0. The topological polar surface area (TPSA) is 35.5 Å². The first-order valence-electron chi connectivity index (χ1n) is 8.81. The quantitative estimate of drug-likeness (QED) is 0.232. The molecule has 0 rings (SSSR count). The van der Waals surface area contributed by atoms with Crippen molar-refractivity contribution in [1.82, 2.24) is 0 Å². The lowest BCUT2D eigenvalue weighted by Gasteiger charge is -2.22. The van der Waals surface area contributed by atoms with E-state index in [2.05, 4.69) is 38.9 Å². The minimum absolute atomic E-state index is 0.0814. The van der Waals surface area contributed by atoms with Gasteiger partial charge >= 0.3 is 5.97 Å². The highest BCUT2D eigenvalue weighted by Crippen LogP contribution is 2.21. The van der Waals surface area contributed by atoms with Crippen LogP contribution in [0.2, 0.25) is 0 Å². The molecular weight excluding hydrogens is 300 g/mol. The number of esters is 1. The van der Waals surface area contributed by atoms with Crippen molar-refractivity contribution in [2.24, 2.45) is 5.92 Å². The van der Waals surface area contributed by atoms with E-state index >= 15 is 0 Å². The van der Waals surface area contributed by atoms with Crippen LogP contribution in [0.3, 0.4) is 0 Å². The fourth-order valence-electron chi connectivity index (χ4n) is 2.22. The third-order valence-corrected chi connectivity index (χ3v) is 3.52. The van der Waals surface area contributed by atoms with Gasteiger partial charge in [-0.25, -0.2) is 4.79 Å². The smallest absolute Gasteiger partial charge is 0.331 e. The Morgan fingerprint density at radius 1 is 1.25 bits per heavy atom. The molecule has 0 bridgehead atoms. The average molecular weight is 335 g/mol. The van der Waals surface area contributed by atoms with Gasteiger partial charge in [-0.15, -0.1) is 0 Å². The summed E-state index contributed by atoms with van der Waals surface area (Å²) >= 11 is 0. The zero-order valence-corrected chi connectivity index (χ0v) is 16.4. The standard InChI is InChI=1S/C21H34O3/c1-8-15-23-21(6,7)14-10-13-18(4)11-9-12-19(5)16-20(22)24-17(2)3/h9,12,16-18H,10-11,13-14H2,1-7H3. The summed E-state index contributed by atoms with van der Waals surface area (Å²) in [5, 5.41) is 0. The zero-order chi connectivity index (χ0) is 18.6. The lowest BCUT2D eigenvalue weighted by Crippen LogP contribution is -2.22. The highest BCUT2D eigenvalue weighted by atomic mass is 16.5. The molecule has 0 aromatic carbocycles. The first-order valence-corrected chi connectivity index (χ1v) is 8.81. The second-order valence-electron chi connectivity index (χ2n) is 7.22. The van der Waals surface area contributed by atoms with Crippen molar-refractivity contribution in [2.75, 3.05) is 0 Å². The van der Waals surface area contributed by atoms with Gasteiger partial charge in [0.2, 0.25) is 0 Å². The van der Waals surface area contributed by atoms with Crippen LogP contribution in [-0.4, -0.2) is 17.7 Å². The number of hydrogen-bond acceptors (Lipinski definition) is 3. The Morgan fingerprint density at radius 3 is 2.50 bits per heavy atom. The molecule has 1 unspecified atom stereocenters.